The molecule has 0 aromatic heterocycles. The van der Waals surface area contributed by atoms with Gasteiger partial charge in [0.25, 0.3) is 0 Å². The third-order valence-electron chi connectivity index (χ3n) is 3.56. The van der Waals surface area contributed by atoms with E-state index in [9.17, 15) is 4.79 Å². The molecule has 4 heteroatoms. The van der Waals surface area contributed by atoms with Crippen LogP contribution in [0.3, 0.4) is 0 Å². The van der Waals surface area contributed by atoms with Crippen LogP contribution in [0.15, 0.2) is 30.3 Å². The number of rotatable bonds is 4. The van der Waals surface area contributed by atoms with Gasteiger partial charge in [-0.2, -0.15) is 0 Å². The van der Waals surface area contributed by atoms with Crippen LogP contribution in [0.4, 0.5) is 0 Å². The maximum Gasteiger partial charge on any atom is 0.234 e. The molecule has 1 aromatic carbocycles. The smallest absolute Gasteiger partial charge is 0.234 e. The van der Waals surface area contributed by atoms with Crippen molar-refractivity contribution in [2.75, 3.05) is 6.61 Å². The zero-order valence-corrected chi connectivity index (χ0v) is 12.3. The molecule has 0 spiro atoms. The van der Waals surface area contributed by atoms with Crippen LogP contribution in [-0.2, 0) is 4.79 Å². The summed E-state index contributed by atoms with van der Waals surface area (Å²) in [5.74, 6) is 3.52. The Labute approximate surface area is 125 Å². The van der Waals surface area contributed by atoms with Crippen LogP contribution in [0.2, 0.25) is 0 Å². The molecule has 1 heterocycles. The number of amides is 1. The van der Waals surface area contributed by atoms with E-state index >= 15 is 0 Å². The number of nitrogens with one attached hydrogen (secondary N) is 2. The lowest BCUT2D eigenvalue weighted by Gasteiger charge is -2.28. The van der Waals surface area contributed by atoms with E-state index in [1.54, 1.807) is 0 Å². The summed E-state index contributed by atoms with van der Waals surface area (Å²) in [4.78, 5) is 11.3. The van der Waals surface area contributed by atoms with Crippen LogP contribution in [-0.4, -0.2) is 18.6 Å². The molecular formula is C17H20N2O2. The summed E-state index contributed by atoms with van der Waals surface area (Å²) in [5.41, 5.74) is 7.99. The first-order chi connectivity index (χ1) is 10.1. The molecule has 1 aromatic rings. The minimum absolute atomic E-state index is 0.0415. The van der Waals surface area contributed by atoms with Gasteiger partial charge in [0.2, 0.25) is 5.91 Å². The normalized spacial score (nSPS) is 22.3. The van der Waals surface area contributed by atoms with E-state index in [1.165, 1.54) is 0 Å². The molecule has 2 unspecified atom stereocenters. The summed E-state index contributed by atoms with van der Waals surface area (Å²) < 4.78 is 5.35. The van der Waals surface area contributed by atoms with Gasteiger partial charge in [-0.15, -0.1) is 6.42 Å². The molecule has 0 radical (unpaired) electrons. The number of allylic oxidation sites excluding steroid dienone is 1. The largest absolute Gasteiger partial charge is 0.481 e. The van der Waals surface area contributed by atoms with Crippen molar-refractivity contribution in [3.63, 3.8) is 0 Å². The van der Waals surface area contributed by atoms with Crippen LogP contribution in [0.1, 0.15) is 25.8 Å². The van der Waals surface area contributed by atoms with Crippen molar-refractivity contribution in [3.8, 4) is 18.1 Å². The van der Waals surface area contributed by atoms with Crippen molar-refractivity contribution in [3.05, 3.63) is 35.9 Å². The maximum atomic E-state index is 11.3. The van der Waals surface area contributed by atoms with Gasteiger partial charge in [-0.1, -0.05) is 31.1 Å². The predicted molar refractivity (Wildman–Crippen MR) is 83.3 cm³/mol. The number of benzene rings is 1. The maximum absolute atomic E-state index is 11.3. The van der Waals surface area contributed by atoms with Crippen molar-refractivity contribution < 1.29 is 9.53 Å². The van der Waals surface area contributed by atoms with Crippen molar-refractivity contribution in [1.82, 2.24) is 10.9 Å². The monoisotopic (exact) mass is 284 g/mol. The Balaban J connectivity index is 2.05. The second-order valence-electron chi connectivity index (χ2n) is 5.27. The molecule has 21 heavy (non-hydrogen) atoms. The minimum atomic E-state index is 0.0415. The van der Waals surface area contributed by atoms with E-state index in [0.717, 1.165) is 16.9 Å². The Morgan fingerprint density at radius 3 is 2.81 bits per heavy atom. The van der Waals surface area contributed by atoms with Gasteiger partial charge in [-0.25, -0.2) is 5.43 Å². The Kier molecular flexibility index (Phi) is 5.02. The van der Waals surface area contributed by atoms with E-state index in [-0.39, 0.29) is 24.5 Å². The van der Waals surface area contributed by atoms with Gasteiger partial charge in [0.1, 0.15) is 12.4 Å². The van der Waals surface area contributed by atoms with Gasteiger partial charge in [0.05, 0.1) is 0 Å². The molecule has 1 aliphatic heterocycles. The molecule has 1 fully saturated rings. The number of hydrazine groups is 1. The molecule has 0 bridgehead atoms. The molecule has 0 saturated carbocycles. The standard InChI is InChI=1S/C17H20N2O2/c1-4-9-21-15-7-5-14(6-8-15)12(2)10-16-13(3)11-17(20)19-18-16/h1,5-8,10,13,16,18H,9,11H2,2-3H3,(H,19,20)/b12-10+. The van der Waals surface area contributed by atoms with Crippen molar-refractivity contribution >= 4 is 11.5 Å². The van der Waals surface area contributed by atoms with Crippen LogP contribution in [0.25, 0.3) is 5.57 Å². The summed E-state index contributed by atoms with van der Waals surface area (Å²) in [5, 5.41) is 0. The number of ether oxygens (including phenoxy) is 1. The molecule has 110 valence electrons. The zero-order valence-electron chi connectivity index (χ0n) is 12.3. The Morgan fingerprint density at radius 1 is 1.48 bits per heavy atom. The molecule has 1 amide bonds. The van der Waals surface area contributed by atoms with E-state index in [0.29, 0.717) is 6.42 Å². The summed E-state index contributed by atoms with van der Waals surface area (Å²) in [7, 11) is 0. The van der Waals surface area contributed by atoms with Gasteiger partial charge in [0, 0.05) is 12.5 Å². The fourth-order valence-corrected chi connectivity index (χ4v) is 2.29. The van der Waals surface area contributed by atoms with E-state index in [4.69, 9.17) is 11.2 Å². The Morgan fingerprint density at radius 2 is 2.19 bits per heavy atom. The van der Waals surface area contributed by atoms with E-state index < -0.39 is 0 Å². The first kappa shape index (κ1) is 15.1. The van der Waals surface area contributed by atoms with Crippen LogP contribution < -0.4 is 15.6 Å². The number of terminal acetylenes is 1. The van der Waals surface area contributed by atoms with Crippen molar-refractivity contribution in [1.29, 1.82) is 0 Å². The van der Waals surface area contributed by atoms with Crippen molar-refractivity contribution in [2.45, 2.75) is 26.3 Å². The Bertz CT molecular complexity index is 569. The summed E-state index contributed by atoms with van der Waals surface area (Å²) in [6.07, 6.45) is 7.84. The van der Waals surface area contributed by atoms with Crippen LogP contribution in [0, 0.1) is 18.3 Å². The predicted octanol–water partition coefficient (Wildman–Crippen LogP) is 2.13. The lowest BCUT2D eigenvalue weighted by Crippen LogP contribution is -2.52. The van der Waals surface area contributed by atoms with Gasteiger partial charge >= 0.3 is 0 Å². The van der Waals surface area contributed by atoms with Gasteiger partial charge < -0.3 is 4.74 Å². The quantitative estimate of drug-likeness (QED) is 0.833. The second-order valence-corrected chi connectivity index (χ2v) is 5.27. The number of carbonyl (C=O) groups excluding carboxylic acids is 1. The SMILES string of the molecule is C#CCOc1ccc(/C(C)=C/C2NNC(=O)CC2C)cc1. The topological polar surface area (TPSA) is 50.4 Å². The number of hydrogen-bond acceptors (Lipinski definition) is 3. The van der Waals surface area contributed by atoms with Gasteiger partial charge in [-0.3, -0.25) is 10.2 Å². The number of hydrogen-bond donors (Lipinski definition) is 2. The average molecular weight is 284 g/mol. The lowest BCUT2D eigenvalue weighted by molar-refractivity contribution is -0.125. The molecule has 2 atom stereocenters. The molecule has 2 rings (SSSR count). The number of carbonyl (C=O) groups is 1. The van der Waals surface area contributed by atoms with E-state index in [1.807, 2.05) is 24.3 Å². The third kappa shape index (κ3) is 4.11. The highest BCUT2D eigenvalue weighted by atomic mass is 16.5. The van der Waals surface area contributed by atoms with E-state index in [2.05, 4.69) is 36.7 Å². The Hall–Kier alpha value is -2.25. The van der Waals surface area contributed by atoms with Gasteiger partial charge in [0.15, 0.2) is 0 Å². The zero-order chi connectivity index (χ0) is 15.2. The average Bonchev–Trinajstić information content (AvgIpc) is 2.48. The summed E-state index contributed by atoms with van der Waals surface area (Å²) >= 11 is 0. The summed E-state index contributed by atoms with van der Waals surface area (Å²) in [6.45, 7) is 4.40. The molecule has 1 aliphatic rings. The minimum Gasteiger partial charge on any atom is -0.481 e. The first-order valence-electron chi connectivity index (χ1n) is 6.99. The van der Waals surface area contributed by atoms with Crippen LogP contribution >= 0.6 is 0 Å². The molecule has 0 aliphatic carbocycles. The fourth-order valence-electron chi connectivity index (χ4n) is 2.29. The van der Waals surface area contributed by atoms with Gasteiger partial charge in [-0.05, 0) is 36.1 Å². The molecule has 1 saturated heterocycles. The molecule has 2 N–H and O–H groups in total. The van der Waals surface area contributed by atoms with Crippen molar-refractivity contribution in [2.24, 2.45) is 5.92 Å². The highest BCUT2D eigenvalue weighted by molar-refractivity contribution is 5.77. The fraction of sp³-hybridized carbons (Fsp3) is 0.353. The molecular weight excluding hydrogens is 264 g/mol. The second kappa shape index (κ2) is 6.96. The lowest BCUT2D eigenvalue weighted by atomic mass is 9.93. The highest BCUT2D eigenvalue weighted by Gasteiger charge is 2.23. The highest BCUT2D eigenvalue weighted by Crippen LogP contribution is 2.21. The summed E-state index contributed by atoms with van der Waals surface area (Å²) in [6, 6.07) is 7.96. The van der Waals surface area contributed by atoms with Crippen LogP contribution in [0.5, 0.6) is 5.75 Å². The first-order valence-corrected chi connectivity index (χ1v) is 6.99. The molecule has 4 nitrogen and oxygen atoms in total. The third-order valence-corrected chi connectivity index (χ3v) is 3.56.